The smallest absolute Gasteiger partial charge is 0.287 e. The summed E-state index contributed by atoms with van der Waals surface area (Å²) in [6.07, 6.45) is 5.48. The van der Waals surface area contributed by atoms with E-state index in [1.54, 1.807) is 12.1 Å². The Morgan fingerprint density at radius 2 is 1.02 bits per heavy atom. The van der Waals surface area contributed by atoms with Crippen molar-refractivity contribution in [2.24, 2.45) is 0 Å². The minimum atomic E-state index is -0.498. The van der Waals surface area contributed by atoms with Crippen molar-refractivity contribution in [2.75, 3.05) is 0 Å². The molecule has 0 amide bonds. The Balaban J connectivity index is 0.000000167. The van der Waals surface area contributed by atoms with Crippen LogP contribution in [0.1, 0.15) is 47.3 Å². The summed E-state index contributed by atoms with van der Waals surface area (Å²) in [6.45, 7) is 0. The molecule has 0 aliphatic carbocycles. The van der Waals surface area contributed by atoms with E-state index in [0.717, 1.165) is 59.4 Å². The molecule has 2 atom stereocenters. The second-order valence-corrected chi connectivity index (χ2v) is 13.1. The molecule has 2 aliphatic heterocycles. The van der Waals surface area contributed by atoms with E-state index < -0.39 is 9.85 Å². The van der Waals surface area contributed by atoms with Crippen molar-refractivity contribution in [1.29, 1.82) is 0 Å². The number of aromatic nitrogens is 2. The van der Waals surface area contributed by atoms with Crippen molar-refractivity contribution in [3.05, 3.63) is 174 Å². The van der Waals surface area contributed by atoms with E-state index in [1.165, 1.54) is 36.7 Å². The number of pyridine rings is 2. The molecule has 2 aromatic heterocycles. The molecule has 4 aromatic carbocycles. The second-order valence-electron chi connectivity index (χ2n) is 12.3. The summed E-state index contributed by atoms with van der Waals surface area (Å²) >= 11 is 12.6. The highest BCUT2D eigenvalue weighted by atomic mass is 35.5. The van der Waals surface area contributed by atoms with Crippen molar-refractivity contribution in [1.82, 2.24) is 9.97 Å². The molecule has 0 saturated carbocycles. The predicted molar refractivity (Wildman–Crippen MR) is 201 cm³/mol. The van der Waals surface area contributed by atoms with Gasteiger partial charge in [0.05, 0.1) is 9.85 Å². The molecular formula is C40H30Cl2N4O8. The number of nitro groups is 2. The van der Waals surface area contributed by atoms with E-state index in [9.17, 15) is 20.2 Å². The predicted octanol–water partition coefficient (Wildman–Crippen LogP) is 11.0. The van der Waals surface area contributed by atoms with Gasteiger partial charge in [0.25, 0.3) is 11.4 Å². The summed E-state index contributed by atoms with van der Waals surface area (Å²) in [7, 11) is 0. The molecule has 14 heteroatoms. The third-order valence-corrected chi connectivity index (χ3v) is 9.45. The summed E-state index contributed by atoms with van der Waals surface area (Å²) in [4.78, 5) is 28.3. The number of nitrogens with zero attached hydrogens (tertiary/aromatic N) is 4. The third-order valence-electron chi connectivity index (χ3n) is 8.77. The van der Waals surface area contributed by atoms with Gasteiger partial charge >= 0.3 is 0 Å². The molecule has 0 radical (unpaired) electrons. The summed E-state index contributed by atoms with van der Waals surface area (Å²) in [5.41, 5.74) is 3.90. The first-order chi connectivity index (χ1) is 26.2. The molecule has 0 N–H and O–H groups in total. The average molecular weight is 766 g/mol. The van der Waals surface area contributed by atoms with Crippen LogP contribution in [0.4, 0.5) is 11.4 Å². The fourth-order valence-electron chi connectivity index (χ4n) is 6.09. The maximum absolute atomic E-state index is 10.7. The van der Waals surface area contributed by atoms with Crippen LogP contribution >= 0.6 is 23.2 Å². The average Bonchev–Trinajstić information content (AvgIpc) is 3.18. The molecule has 272 valence electrons. The van der Waals surface area contributed by atoms with Crippen molar-refractivity contribution in [3.8, 4) is 34.8 Å². The van der Waals surface area contributed by atoms with Crippen molar-refractivity contribution >= 4 is 34.6 Å². The highest BCUT2D eigenvalue weighted by molar-refractivity contribution is 6.31. The largest absolute Gasteiger partial charge is 0.485 e. The van der Waals surface area contributed by atoms with Gasteiger partial charge < -0.3 is 18.9 Å². The molecule has 12 nitrogen and oxygen atoms in total. The van der Waals surface area contributed by atoms with Gasteiger partial charge in [-0.1, -0.05) is 59.6 Å². The quantitative estimate of drug-likeness (QED) is 0.108. The lowest BCUT2D eigenvalue weighted by atomic mass is 9.97. The molecule has 2 aliphatic rings. The third kappa shape index (κ3) is 8.52. The van der Waals surface area contributed by atoms with Crippen LogP contribution in [-0.2, 0) is 12.8 Å². The zero-order valence-corrected chi connectivity index (χ0v) is 29.9. The number of aryl methyl sites for hydroxylation is 2. The van der Waals surface area contributed by atoms with Crippen molar-refractivity contribution in [3.63, 3.8) is 0 Å². The summed E-state index contributed by atoms with van der Waals surface area (Å²) in [5.74, 6) is 3.41. The second kappa shape index (κ2) is 16.2. The molecule has 2 unspecified atom stereocenters. The Bertz CT molecular complexity index is 2150. The van der Waals surface area contributed by atoms with E-state index in [1.807, 2.05) is 72.8 Å². The monoisotopic (exact) mass is 764 g/mol. The Morgan fingerprint density at radius 1 is 0.593 bits per heavy atom. The fourth-order valence-corrected chi connectivity index (χ4v) is 6.61. The molecule has 54 heavy (non-hydrogen) atoms. The van der Waals surface area contributed by atoms with Gasteiger partial charge in [0.2, 0.25) is 11.8 Å². The SMILES string of the molecule is O=[N+]([O-])c1ccc(Oc2ccc3c(c2)CCC(c2ccccc2Cl)O3)nc1.O=[N+]([O-])c1ccc(Oc2ccc3c(c2)CCC(c2ccccc2Cl)O3)nc1. The van der Waals surface area contributed by atoms with E-state index >= 15 is 0 Å². The van der Waals surface area contributed by atoms with Gasteiger partial charge in [-0.3, -0.25) is 20.2 Å². The molecular weight excluding hydrogens is 735 g/mol. The lowest BCUT2D eigenvalue weighted by Crippen LogP contribution is -2.15. The van der Waals surface area contributed by atoms with Crippen LogP contribution < -0.4 is 18.9 Å². The van der Waals surface area contributed by atoms with Crippen LogP contribution in [0.3, 0.4) is 0 Å². The molecule has 0 bridgehead atoms. The van der Waals surface area contributed by atoms with Crippen LogP contribution in [-0.4, -0.2) is 19.8 Å². The van der Waals surface area contributed by atoms with Gasteiger partial charge in [-0.2, -0.15) is 0 Å². The highest BCUT2D eigenvalue weighted by Crippen LogP contribution is 2.41. The van der Waals surface area contributed by atoms with Crippen molar-refractivity contribution < 1.29 is 28.8 Å². The number of hydrogen-bond acceptors (Lipinski definition) is 10. The first-order valence-corrected chi connectivity index (χ1v) is 17.6. The number of ether oxygens (including phenoxy) is 4. The van der Waals surface area contributed by atoms with Gasteiger partial charge in [-0.15, -0.1) is 0 Å². The minimum Gasteiger partial charge on any atom is -0.485 e. The Morgan fingerprint density at radius 3 is 1.39 bits per heavy atom. The first kappa shape index (κ1) is 36.1. The highest BCUT2D eigenvalue weighted by Gasteiger charge is 2.25. The number of fused-ring (bicyclic) bond motifs is 2. The number of halogens is 2. The van der Waals surface area contributed by atoms with Crippen molar-refractivity contribution in [2.45, 2.75) is 37.9 Å². The zero-order chi connectivity index (χ0) is 37.6. The maximum Gasteiger partial charge on any atom is 0.287 e. The molecule has 8 rings (SSSR count). The lowest BCUT2D eigenvalue weighted by molar-refractivity contribution is -0.385. The van der Waals surface area contributed by atoms with Crippen LogP contribution in [0.25, 0.3) is 0 Å². The van der Waals surface area contributed by atoms with Gasteiger partial charge in [-0.25, -0.2) is 9.97 Å². The van der Waals surface area contributed by atoms with Gasteiger partial charge in [0.15, 0.2) is 0 Å². The number of benzene rings is 4. The summed E-state index contributed by atoms with van der Waals surface area (Å²) in [5, 5.41) is 22.8. The molecule has 0 saturated heterocycles. The standard InChI is InChI=1S/2C20H15ClN2O4/c2*21-17-4-2-1-3-16(17)19-8-5-13-11-15(7-9-18(13)27-19)26-20-10-6-14(12-22-20)23(24)25/h2*1-4,6-7,9-12,19H,5,8H2. The van der Waals surface area contributed by atoms with Crippen LogP contribution in [0.15, 0.2) is 122 Å². The molecule has 0 fully saturated rings. The topological polar surface area (TPSA) is 149 Å². The van der Waals surface area contributed by atoms with E-state index in [0.29, 0.717) is 33.3 Å². The molecule has 0 spiro atoms. The zero-order valence-electron chi connectivity index (χ0n) is 28.3. The number of hydrogen-bond donors (Lipinski definition) is 0. The van der Waals surface area contributed by atoms with Crippen LogP contribution in [0.2, 0.25) is 10.0 Å². The molecule has 6 aromatic rings. The first-order valence-electron chi connectivity index (χ1n) is 16.8. The Kier molecular flexibility index (Phi) is 10.8. The number of rotatable bonds is 8. The van der Waals surface area contributed by atoms with E-state index in [-0.39, 0.29) is 23.6 Å². The van der Waals surface area contributed by atoms with Gasteiger partial charge in [0, 0.05) is 45.4 Å². The summed E-state index contributed by atoms with van der Waals surface area (Å²) in [6, 6.07) is 32.2. The van der Waals surface area contributed by atoms with Crippen LogP contribution in [0.5, 0.6) is 34.8 Å². The van der Waals surface area contributed by atoms with E-state index in [2.05, 4.69) is 9.97 Å². The minimum absolute atomic E-state index is 0.0747. The van der Waals surface area contributed by atoms with Crippen LogP contribution in [0, 0.1) is 20.2 Å². The maximum atomic E-state index is 10.7. The Hall–Kier alpha value is -6.24. The Labute approximate surface area is 319 Å². The molecule has 4 heterocycles. The van der Waals surface area contributed by atoms with Gasteiger partial charge in [0.1, 0.15) is 47.6 Å². The van der Waals surface area contributed by atoms with E-state index in [4.69, 9.17) is 42.1 Å². The summed E-state index contributed by atoms with van der Waals surface area (Å²) < 4.78 is 23.6. The normalized spacial score (nSPS) is 15.5. The lowest BCUT2D eigenvalue weighted by Gasteiger charge is -2.27. The fraction of sp³-hybridized carbons (Fsp3) is 0.150. The van der Waals surface area contributed by atoms with Gasteiger partial charge in [-0.05, 0) is 85.3 Å².